The summed E-state index contributed by atoms with van der Waals surface area (Å²) in [5.74, 6) is 1.80. The van der Waals surface area contributed by atoms with Crippen LogP contribution in [0.3, 0.4) is 0 Å². The molecule has 1 amide bonds. The van der Waals surface area contributed by atoms with Gasteiger partial charge in [0.05, 0.1) is 20.0 Å². The second-order valence-corrected chi connectivity index (χ2v) is 4.31. The van der Waals surface area contributed by atoms with Crippen molar-refractivity contribution in [3.63, 3.8) is 0 Å². The number of thioether (sulfide) groups is 1. The van der Waals surface area contributed by atoms with Crippen LogP contribution >= 0.6 is 11.8 Å². The van der Waals surface area contributed by atoms with E-state index in [0.29, 0.717) is 23.8 Å². The zero-order chi connectivity index (χ0) is 12.7. The van der Waals surface area contributed by atoms with E-state index in [9.17, 15) is 4.79 Å². The predicted molar refractivity (Wildman–Crippen MR) is 69.0 cm³/mol. The van der Waals surface area contributed by atoms with Crippen LogP contribution in [0.1, 0.15) is 6.92 Å². The molecule has 0 aliphatic carbocycles. The van der Waals surface area contributed by atoms with Crippen molar-refractivity contribution in [1.82, 2.24) is 5.32 Å². The zero-order valence-corrected chi connectivity index (χ0v) is 11.1. The quantitative estimate of drug-likeness (QED) is 0.789. The van der Waals surface area contributed by atoms with E-state index < -0.39 is 0 Å². The summed E-state index contributed by atoms with van der Waals surface area (Å²) in [6, 6.07) is 5.60. The lowest BCUT2D eigenvalue weighted by atomic mass is 10.3. The van der Waals surface area contributed by atoms with Crippen molar-refractivity contribution >= 4 is 17.7 Å². The van der Waals surface area contributed by atoms with E-state index in [4.69, 9.17) is 9.47 Å². The highest BCUT2D eigenvalue weighted by Crippen LogP contribution is 2.31. The Bertz CT molecular complexity index is 382. The first-order chi connectivity index (χ1) is 8.21. The number of rotatable bonds is 6. The number of hydrogen-bond acceptors (Lipinski definition) is 4. The molecule has 0 radical (unpaired) electrons. The van der Waals surface area contributed by atoms with Gasteiger partial charge in [-0.25, -0.2) is 0 Å². The van der Waals surface area contributed by atoms with Crippen molar-refractivity contribution in [1.29, 1.82) is 0 Å². The lowest BCUT2D eigenvalue weighted by Crippen LogP contribution is -2.24. The van der Waals surface area contributed by atoms with Crippen LogP contribution in [0.5, 0.6) is 11.5 Å². The third-order valence-electron chi connectivity index (χ3n) is 2.10. The zero-order valence-electron chi connectivity index (χ0n) is 10.3. The highest BCUT2D eigenvalue weighted by molar-refractivity contribution is 8.00. The number of nitrogens with one attached hydrogen (secondary N) is 1. The number of amides is 1. The SMILES string of the molecule is CCNC(=O)CSc1ccc(OC)c(OC)c1. The highest BCUT2D eigenvalue weighted by Gasteiger charge is 2.06. The molecule has 0 atom stereocenters. The molecule has 1 aromatic rings. The summed E-state index contributed by atoms with van der Waals surface area (Å²) < 4.78 is 10.3. The number of benzene rings is 1. The summed E-state index contributed by atoms with van der Waals surface area (Å²) >= 11 is 1.47. The fourth-order valence-corrected chi connectivity index (χ4v) is 2.06. The minimum Gasteiger partial charge on any atom is -0.493 e. The maximum absolute atomic E-state index is 11.3. The first-order valence-electron chi connectivity index (χ1n) is 5.32. The van der Waals surface area contributed by atoms with E-state index in [0.717, 1.165) is 4.90 Å². The average molecular weight is 255 g/mol. The molecular formula is C12H17NO3S. The van der Waals surface area contributed by atoms with E-state index in [1.165, 1.54) is 11.8 Å². The van der Waals surface area contributed by atoms with Crippen LogP contribution in [-0.4, -0.2) is 32.4 Å². The van der Waals surface area contributed by atoms with Crippen LogP contribution < -0.4 is 14.8 Å². The monoisotopic (exact) mass is 255 g/mol. The molecule has 94 valence electrons. The van der Waals surface area contributed by atoms with Gasteiger partial charge in [-0.05, 0) is 25.1 Å². The van der Waals surface area contributed by atoms with Crippen molar-refractivity contribution in [2.24, 2.45) is 0 Å². The van der Waals surface area contributed by atoms with Crippen molar-refractivity contribution < 1.29 is 14.3 Å². The summed E-state index contributed by atoms with van der Waals surface area (Å²) in [6.45, 7) is 2.56. The fraction of sp³-hybridized carbons (Fsp3) is 0.417. The lowest BCUT2D eigenvalue weighted by Gasteiger charge is -2.09. The largest absolute Gasteiger partial charge is 0.493 e. The lowest BCUT2D eigenvalue weighted by molar-refractivity contribution is -0.118. The van der Waals surface area contributed by atoms with Gasteiger partial charge >= 0.3 is 0 Å². The van der Waals surface area contributed by atoms with Gasteiger partial charge in [-0.2, -0.15) is 0 Å². The Balaban J connectivity index is 2.63. The van der Waals surface area contributed by atoms with Gasteiger partial charge in [-0.1, -0.05) is 0 Å². The van der Waals surface area contributed by atoms with Crippen molar-refractivity contribution in [2.75, 3.05) is 26.5 Å². The van der Waals surface area contributed by atoms with Gasteiger partial charge < -0.3 is 14.8 Å². The molecule has 0 saturated heterocycles. The topological polar surface area (TPSA) is 47.6 Å². The number of hydrogen-bond donors (Lipinski definition) is 1. The normalized spacial score (nSPS) is 9.82. The van der Waals surface area contributed by atoms with Gasteiger partial charge in [-0.3, -0.25) is 4.79 Å². The van der Waals surface area contributed by atoms with E-state index in [1.54, 1.807) is 14.2 Å². The van der Waals surface area contributed by atoms with Gasteiger partial charge in [0, 0.05) is 11.4 Å². The number of carbonyl (C=O) groups is 1. The van der Waals surface area contributed by atoms with Crippen LogP contribution in [0.25, 0.3) is 0 Å². The van der Waals surface area contributed by atoms with Crippen LogP contribution in [0.4, 0.5) is 0 Å². The van der Waals surface area contributed by atoms with Gasteiger partial charge in [0.2, 0.25) is 5.91 Å². The van der Waals surface area contributed by atoms with Gasteiger partial charge in [0.15, 0.2) is 11.5 Å². The van der Waals surface area contributed by atoms with Crippen molar-refractivity contribution in [3.05, 3.63) is 18.2 Å². The smallest absolute Gasteiger partial charge is 0.230 e. The summed E-state index contributed by atoms with van der Waals surface area (Å²) in [7, 11) is 3.19. The van der Waals surface area contributed by atoms with E-state index in [-0.39, 0.29) is 5.91 Å². The Morgan fingerprint density at radius 2 is 2.00 bits per heavy atom. The number of ether oxygens (including phenoxy) is 2. The van der Waals surface area contributed by atoms with Crippen LogP contribution in [0, 0.1) is 0 Å². The van der Waals surface area contributed by atoms with Gasteiger partial charge in [0.1, 0.15) is 0 Å². The summed E-state index contributed by atoms with van der Waals surface area (Å²) in [4.78, 5) is 12.3. The second kappa shape index (κ2) is 7.06. The van der Waals surface area contributed by atoms with Crippen LogP contribution in [0.2, 0.25) is 0 Å². The minimum atomic E-state index is 0.0345. The van der Waals surface area contributed by atoms with Crippen LogP contribution in [0.15, 0.2) is 23.1 Å². The second-order valence-electron chi connectivity index (χ2n) is 3.26. The first-order valence-corrected chi connectivity index (χ1v) is 6.31. The predicted octanol–water partition coefficient (Wildman–Crippen LogP) is 1.93. The average Bonchev–Trinajstić information content (AvgIpc) is 2.36. The van der Waals surface area contributed by atoms with Crippen LogP contribution in [-0.2, 0) is 4.79 Å². The summed E-state index contributed by atoms with van der Waals surface area (Å²) in [5, 5.41) is 2.75. The van der Waals surface area contributed by atoms with Gasteiger partial charge in [0.25, 0.3) is 0 Å². The summed E-state index contributed by atoms with van der Waals surface area (Å²) in [6.07, 6.45) is 0. The molecule has 0 aromatic heterocycles. The maximum atomic E-state index is 11.3. The Morgan fingerprint density at radius 3 is 2.59 bits per heavy atom. The molecule has 0 aliphatic heterocycles. The Labute approximate surface area is 106 Å². The van der Waals surface area contributed by atoms with E-state index >= 15 is 0 Å². The highest BCUT2D eigenvalue weighted by atomic mass is 32.2. The Kier molecular flexibility index (Phi) is 5.69. The Hall–Kier alpha value is -1.36. The molecule has 0 saturated carbocycles. The molecule has 1 aromatic carbocycles. The Morgan fingerprint density at radius 1 is 1.29 bits per heavy atom. The minimum absolute atomic E-state index is 0.0345. The first kappa shape index (κ1) is 13.7. The molecule has 0 heterocycles. The van der Waals surface area contributed by atoms with E-state index in [1.807, 2.05) is 25.1 Å². The molecule has 0 bridgehead atoms. The molecule has 5 heteroatoms. The van der Waals surface area contributed by atoms with Gasteiger partial charge in [-0.15, -0.1) is 11.8 Å². The molecule has 0 spiro atoms. The molecule has 0 fully saturated rings. The molecule has 0 aliphatic rings. The fourth-order valence-electron chi connectivity index (χ4n) is 1.30. The number of methoxy groups -OCH3 is 2. The third kappa shape index (κ3) is 4.19. The van der Waals surface area contributed by atoms with Crippen molar-refractivity contribution in [3.8, 4) is 11.5 Å². The molecule has 17 heavy (non-hydrogen) atoms. The summed E-state index contributed by atoms with van der Waals surface area (Å²) in [5.41, 5.74) is 0. The number of carbonyl (C=O) groups excluding carboxylic acids is 1. The van der Waals surface area contributed by atoms with E-state index in [2.05, 4.69) is 5.32 Å². The molecule has 4 nitrogen and oxygen atoms in total. The van der Waals surface area contributed by atoms with Crippen molar-refractivity contribution in [2.45, 2.75) is 11.8 Å². The third-order valence-corrected chi connectivity index (χ3v) is 3.09. The molecule has 1 N–H and O–H groups in total. The molecule has 1 rings (SSSR count). The molecular weight excluding hydrogens is 238 g/mol. The molecule has 0 unspecified atom stereocenters. The maximum Gasteiger partial charge on any atom is 0.230 e. The standard InChI is InChI=1S/C12H17NO3S/c1-4-13-12(14)8-17-9-5-6-10(15-2)11(7-9)16-3/h5-7H,4,8H2,1-3H3,(H,13,14).